The van der Waals surface area contributed by atoms with Gasteiger partial charge in [-0.1, -0.05) is 39.0 Å². The monoisotopic (exact) mass is 283 g/mol. The summed E-state index contributed by atoms with van der Waals surface area (Å²) in [5.74, 6) is 0. The summed E-state index contributed by atoms with van der Waals surface area (Å²) in [4.78, 5) is 7.68. The summed E-state index contributed by atoms with van der Waals surface area (Å²) >= 11 is 5.47. The number of benzene rings is 1. The van der Waals surface area contributed by atoms with Gasteiger partial charge in [0.2, 0.25) is 0 Å². The summed E-state index contributed by atoms with van der Waals surface area (Å²) in [6, 6.07) is 10.2. The Labute approximate surface area is 123 Å². The van der Waals surface area contributed by atoms with Crippen molar-refractivity contribution in [3.05, 3.63) is 53.2 Å². The van der Waals surface area contributed by atoms with Gasteiger partial charge in [-0.2, -0.15) is 0 Å². The van der Waals surface area contributed by atoms with Crippen LogP contribution in [-0.4, -0.2) is 14.5 Å². The molecule has 3 rings (SSSR count). The van der Waals surface area contributed by atoms with Gasteiger partial charge in [0.25, 0.3) is 0 Å². The Morgan fingerprint density at radius 2 is 1.90 bits per heavy atom. The Morgan fingerprint density at radius 3 is 2.65 bits per heavy atom. The fourth-order valence-electron chi connectivity index (χ4n) is 2.43. The lowest BCUT2D eigenvalue weighted by molar-refractivity contribution is 0.556. The van der Waals surface area contributed by atoms with Crippen molar-refractivity contribution >= 4 is 23.1 Å². The Balaban J connectivity index is 2.38. The van der Waals surface area contributed by atoms with Crippen LogP contribution in [0.25, 0.3) is 16.6 Å². The molecular weight excluding hydrogens is 266 g/mol. The van der Waals surface area contributed by atoms with Gasteiger partial charge in [0, 0.05) is 28.9 Å². The molecule has 102 valence electrons. The van der Waals surface area contributed by atoms with E-state index in [0.717, 1.165) is 22.3 Å². The van der Waals surface area contributed by atoms with E-state index in [1.807, 2.05) is 24.5 Å². The lowest BCUT2D eigenvalue weighted by Gasteiger charge is -2.21. The number of imidazole rings is 1. The number of hydrogen-bond acceptors (Lipinski definition) is 2. The molecule has 0 amide bonds. The predicted octanol–water partition coefficient (Wildman–Crippen LogP) is 4.38. The third-order valence-electron chi connectivity index (χ3n) is 3.40. The fraction of sp³-hybridized carbons (Fsp3) is 0.250. The highest BCUT2D eigenvalue weighted by atomic mass is 32.1. The molecule has 1 aromatic carbocycles. The number of aromatic nitrogens is 3. The van der Waals surface area contributed by atoms with E-state index < -0.39 is 0 Å². The van der Waals surface area contributed by atoms with Crippen LogP contribution < -0.4 is 0 Å². The fourth-order valence-corrected chi connectivity index (χ4v) is 2.68. The maximum Gasteiger partial charge on any atom is 0.182 e. The normalized spacial score (nSPS) is 11.9. The van der Waals surface area contributed by atoms with Gasteiger partial charge in [0.05, 0.1) is 11.2 Å². The summed E-state index contributed by atoms with van der Waals surface area (Å²) in [5, 5.41) is 1.12. The van der Waals surface area contributed by atoms with E-state index in [1.165, 1.54) is 0 Å². The van der Waals surface area contributed by atoms with Crippen molar-refractivity contribution < 1.29 is 0 Å². The van der Waals surface area contributed by atoms with Crippen molar-refractivity contribution in [1.82, 2.24) is 14.5 Å². The standard InChI is InChI=1S/C16H17N3S/c1-16(2,3)13-10-18-15(20)19(13)12-8-4-6-11-7-5-9-17-14(11)12/h4-10H,1-3H3,(H,18,20). The first kappa shape index (κ1) is 13.1. The van der Waals surface area contributed by atoms with Gasteiger partial charge in [-0.25, -0.2) is 0 Å². The number of hydrogen-bond donors (Lipinski definition) is 1. The Kier molecular flexibility index (Phi) is 2.98. The minimum atomic E-state index is 0.00447. The molecule has 0 aliphatic carbocycles. The second kappa shape index (κ2) is 4.56. The topological polar surface area (TPSA) is 33.6 Å². The second-order valence-corrected chi connectivity index (χ2v) is 6.30. The van der Waals surface area contributed by atoms with Crippen molar-refractivity contribution in [2.45, 2.75) is 26.2 Å². The third kappa shape index (κ3) is 2.06. The third-order valence-corrected chi connectivity index (χ3v) is 3.70. The Hall–Kier alpha value is -1.94. The largest absolute Gasteiger partial charge is 0.337 e. The average Bonchev–Trinajstić information content (AvgIpc) is 2.80. The molecule has 3 aromatic rings. The van der Waals surface area contributed by atoms with Crippen molar-refractivity contribution in [2.24, 2.45) is 0 Å². The quantitative estimate of drug-likeness (QED) is 0.672. The Bertz CT molecular complexity index is 816. The van der Waals surface area contributed by atoms with Crippen LogP contribution in [-0.2, 0) is 5.41 Å². The maximum absolute atomic E-state index is 5.47. The summed E-state index contributed by atoms with van der Waals surface area (Å²) in [6.45, 7) is 6.54. The number of aromatic amines is 1. The van der Waals surface area contributed by atoms with Crippen LogP contribution in [0.4, 0.5) is 0 Å². The molecule has 4 heteroatoms. The molecule has 3 nitrogen and oxygen atoms in total. The van der Waals surface area contributed by atoms with Gasteiger partial charge in [-0.15, -0.1) is 0 Å². The molecule has 0 aliphatic heterocycles. The van der Waals surface area contributed by atoms with Crippen LogP contribution in [0.5, 0.6) is 0 Å². The molecule has 1 N–H and O–H groups in total. The lowest BCUT2D eigenvalue weighted by atomic mass is 9.92. The SMILES string of the molecule is CC(C)(C)c1c[nH]c(=S)n1-c1cccc2cccnc12. The zero-order chi connectivity index (χ0) is 14.3. The molecule has 0 saturated heterocycles. The van der Waals surface area contributed by atoms with Gasteiger partial charge < -0.3 is 4.98 Å². The van der Waals surface area contributed by atoms with E-state index in [0.29, 0.717) is 4.77 Å². The van der Waals surface area contributed by atoms with Crippen LogP contribution in [0.1, 0.15) is 26.5 Å². The highest BCUT2D eigenvalue weighted by molar-refractivity contribution is 7.71. The van der Waals surface area contributed by atoms with Gasteiger partial charge in [-0.3, -0.25) is 9.55 Å². The van der Waals surface area contributed by atoms with E-state index in [1.54, 1.807) is 0 Å². The van der Waals surface area contributed by atoms with Crippen LogP contribution in [0, 0.1) is 4.77 Å². The summed E-state index contributed by atoms with van der Waals surface area (Å²) in [5.41, 5.74) is 3.15. The van der Waals surface area contributed by atoms with Gasteiger partial charge in [0.1, 0.15) is 0 Å². The van der Waals surface area contributed by atoms with Gasteiger partial charge >= 0.3 is 0 Å². The van der Waals surface area contributed by atoms with E-state index in [-0.39, 0.29) is 5.41 Å². The van der Waals surface area contributed by atoms with Crippen LogP contribution in [0.15, 0.2) is 42.7 Å². The summed E-state index contributed by atoms with van der Waals surface area (Å²) in [6.07, 6.45) is 3.81. The predicted molar refractivity (Wildman–Crippen MR) is 85.0 cm³/mol. The molecule has 0 spiro atoms. The first-order valence-corrected chi connectivity index (χ1v) is 7.04. The summed E-state index contributed by atoms with van der Waals surface area (Å²) < 4.78 is 2.79. The lowest BCUT2D eigenvalue weighted by Crippen LogP contribution is -2.17. The molecule has 0 aliphatic rings. The van der Waals surface area contributed by atoms with Crippen molar-refractivity contribution in [3.8, 4) is 5.69 Å². The second-order valence-electron chi connectivity index (χ2n) is 5.92. The number of nitrogens with zero attached hydrogens (tertiary/aromatic N) is 2. The Morgan fingerprint density at radius 1 is 1.15 bits per heavy atom. The van der Waals surface area contributed by atoms with Crippen molar-refractivity contribution in [2.75, 3.05) is 0 Å². The minimum Gasteiger partial charge on any atom is -0.337 e. The average molecular weight is 283 g/mol. The van der Waals surface area contributed by atoms with Crippen molar-refractivity contribution in [3.63, 3.8) is 0 Å². The zero-order valence-corrected chi connectivity index (χ0v) is 12.7. The van der Waals surface area contributed by atoms with E-state index in [4.69, 9.17) is 12.2 Å². The van der Waals surface area contributed by atoms with Crippen molar-refractivity contribution in [1.29, 1.82) is 0 Å². The highest BCUT2D eigenvalue weighted by Crippen LogP contribution is 2.28. The van der Waals surface area contributed by atoms with E-state index in [9.17, 15) is 0 Å². The smallest absolute Gasteiger partial charge is 0.182 e. The number of rotatable bonds is 1. The van der Waals surface area contributed by atoms with E-state index in [2.05, 4.69) is 53.5 Å². The summed E-state index contributed by atoms with van der Waals surface area (Å²) in [7, 11) is 0. The molecule has 2 heterocycles. The molecule has 20 heavy (non-hydrogen) atoms. The number of para-hydroxylation sites is 1. The van der Waals surface area contributed by atoms with Crippen LogP contribution in [0.2, 0.25) is 0 Å². The minimum absolute atomic E-state index is 0.00447. The first-order chi connectivity index (χ1) is 9.48. The number of pyridine rings is 1. The number of nitrogens with one attached hydrogen (secondary N) is 1. The highest BCUT2D eigenvalue weighted by Gasteiger charge is 2.21. The number of H-pyrrole nitrogens is 1. The van der Waals surface area contributed by atoms with Crippen LogP contribution in [0.3, 0.4) is 0 Å². The zero-order valence-electron chi connectivity index (χ0n) is 11.8. The molecule has 0 atom stereocenters. The molecular formula is C16H17N3S. The molecule has 0 bridgehead atoms. The van der Waals surface area contributed by atoms with Gasteiger partial charge in [0.15, 0.2) is 4.77 Å². The molecule has 2 aromatic heterocycles. The first-order valence-electron chi connectivity index (χ1n) is 6.63. The molecule has 0 saturated carbocycles. The molecule has 0 radical (unpaired) electrons. The molecule has 0 fully saturated rings. The maximum atomic E-state index is 5.47. The van der Waals surface area contributed by atoms with E-state index >= 15 is 0 Å². The van der Waals surface area contributed by atoms with Crippen LogP contribution >= 0.6 is 12.2 Å². The number of fused-ring (bicyclic) bond motifs is 1. The van der Waals surface area contributed by atoms with Gasteiger partial charge in [-0.05, 0) is 24.4 Å². The molecule has 0 unspecified atom stereocenters.